The van der Waals surface area contributed by atoms with Crippen molar-refractivity contribution < 1.29 is 4.79 Å². The van der Waals surface area contributed by atoms with Gasteiger partial charge in [-0.05, 0) is 49.7 Å². The van der Waals surface area contributed by atoms with Gasteiger partial charge in [-0.1, -0.05) is 30.3 Å². The Morgan fingerprint density at radius 3 is 2.86 bits per heavy atom. The van der Waals surface area contributed by atoms with Gasteiger partial charge in [0.2, 0.25) is 0 Å². The second kappa shape index (κ2) is 5.55. The first-order valence-corrected chi connectivity index (χ1v) is 7.86. The van der Waals surface area contributed by atoms with E-state index in [0.29, 0.717) is 5.92 Å². The van der Waals surface area contributed by atoms with E-state index < -0.39 is 0 Å². The fraction of sp³-hybridized carbons (Fsp3) is 0.500. The molecule has 1 N–H and O–H groups in total. The fourth-order valence-corrected chi connectivity index (χ4v) is 3.14. The Balaban J connectivity index is 1.61. The van der Waals surface area contributed by atoms with Crippen molar-refractivity contribution in [3.05, 3.63) is 48.0 Å². The van der Waals surface area contributed by atoms with Crippen molar-refractivity contribution in [1.82, 2.24) is 10.2 Å². The highest BCUT2D eigenvalue weighted by Gasteiger charge is 2.45. The highest BCUT2D eigenvalue weighted by Crippen LogP contribution is 2.39. The second-order valence-electron chi connectivity index (χ2n) is 6.54. The molecule has 1 aliphatic carbocycles. The number of nitrogens with one attached hydrogen (secondary N) is 1. The number of rotatable bonds is 4. The van der Waals surface area contributed by atoms with E-state index in [1.807, 2.05) is 11.0 Å². The Morgan fingerprint density at radius 1 is 1.48 bits per heavy atom. The molecule has 0 radical (unpaired) electrons. The van der Waals surface area contributed by atoms with E-state index in [-0.39, 0.29) is 11.6 Å². The van der Waals surface area contributed by atoms with Crippen molar-refractivity contribution in [3.63, 3.8) is 0 Å². The van der Waals surface area contributed by atoms with Gasteiger partial charge in [-0.25, -0.2) is 4.79 Å². The van der Waals surface area contributed by atoms with Crippen LogP contribution in [-0.4, -0.2) is 29.6 Å². The molecule has 1 aromatic rings. The summed E-state index contributed by atoms with van der Waals surface area (Å²) in [6, 6.07) is 8.56. The van der Waals surface area contributed by atoms with E-state index in [2.05, 4.69) is 43.1 Å². The van der Waals surface area contributed by atoms with Crippen molar-refractivity contribution in [3.8, 4) is 0 Å². The monoisotopic (exact) mass is 284 g/mol. The molecule has 1 saturated heterocycles. The van der Waals surface area contributed by atoms with Gasteiger partial charge in [0.15, 0.2) is 0 Å². The Kier molecular flexibility index (Phi) is 3.75. The smallest absolute Gasteiger partial charge is 0.317 e. The van der Waals surface area contributed by atoms with Gasteiger partial charge in [0.1, 0.15) is 0 Å². The molecule has 112 valence electrons. The first-order chi connectivity index (χ1) is 10.1. The molecular formula is C18H24N2O. The van der Waals surface area contributed by atoms with E-state index in [4.69, 9.17) is 0 Å². The van der Waals surface area contributed by atoms with Crippen LogP contribution >= 0.6 is 0 Å². The number of aryl methyl sites for hydroxylation is 1. The summed E-state index contributed by atoms with van der Waals surface area (Å²) in [5, 5.41) is 3.28. The summed E-state index contributed by atoms with van der Waals surface area (Å²) in [5.74, 6) is 0.460. The first-order valence-electron chi connectivity index (χ1n) is 7.86. The molecule has 0 spiro atoms. The van der Waals surface area contributed by atoms with Crippen LogP contribution in [0, 0.1) is 12.8 Å². The number of carbonyl (C=O) groups excluding carboxylic acids is 1. The SMILES string of the molecule is C=CC1CCN(C(=O)NC2(Cc3ccccc3C)CC2)C1. The molecule has 2 fully saturated rings. The number of carbonyl (C=O) groups is 1. The van der Waals surface area contributed by atoms with E-state index >= 15 is 0 Å². The van der Waals surface area contributed by atoms with Crippen LogP contribution in [0.2, 0.25) is 0 Å². The zero-order valence-electron chi connectivity index (χ0n) is 12.8. The Morgan fingerprint density at radius 2 is 2.24 bits per heavy atom. The van der Waals surface area contributed by atoms with Gasteiger partial charge in [-0.2, -0.15) is 0 Å². The third-order valence-corrected chi connectivity index (χ3v) is 4.86. The molecule has 1 saturated carbocycles. The summed E-state index contributed by atoms with van der Waals surface area (Å²) >= 11 is 0. The maximum atomic E-state index is 12.4. The summed E-state index contributed by atoms with van der Waals surface area (Å²) in [5.41, 5.74) is 2.65. The van der Waals surface area contributed by atoms with E-state index in [1.54, 1.807) is 0 Å². The lowest BCUT2D eigenvalue weighted by molar-refractivity contribution is 0.202. The molecule has 1 unspecified atom stereocenters. The van der Waals surface area contributed by atoms with Gasteiger partial charge >= 0.3 is 6.03 Å². The van der Waals surface area contributed by atoms with Crippen LogP contribution in [0.1, 0.15) is 30.4 Å². The van der Waals surface area contributed by atoms with Crippen molar-refractivity contribution in [2.45, 2.75) is 38.1 Å². The number of likely N-dealkylation sites (tertiary alicyclic amines) is 1. The molecule has 2 aliphatic rings. The highest BCUT2D eigenvalue weighted by molar-refractivity contribution is 5.76. The average Bonchev–Trinajstić information content (AvgIpc) is 3.04. The van der Waals surface area contributed by atoms with Crippen LogP contribution < -0.4 is 5.32 Å². The first kappa shape index (κ1) is 14.2. The summed E-state index contributed by atoms with van der Waals surface area (Å²) in [4.78, 5) is 14.4. The average molecular weight is 284 g/mol. The number of hydrogen-bond acceptors (Lipinski definition) is 1. The molecule has 0 bridgehead atoms. The maximum absolute atomic E-state index is 12.4. The Labute approximate surface area is 127 Å². The van der Waals surface area contributed by atoms with E-state index in [0.717, 1.165) is 38.8 Å². The Hall–Kier alpha value is -1.77. The minimum absolute atomic E-state index is 0.00450. The minimum Gasteiger partial charge on any atom is -0.332 e. The van der Waals surface area contributed by atoms with Gasteiger partial charge in [0.05, 0.1) is 0 Å². The normalized spacial score (nSPS) is 22.9. The molecule has 1 atom stereocenters. The quantitative estimate of drug-likeness (QED) is 0.845. The molecule has 21 heavy (non-hydrogen) atoms. The van der Waals surface area contributed by atoms with Crippen LogP contribution in [0.5, 0.6) is 0 Å². The number of nitrogens with zero attached hydrogens (tertiary/aromatic N) is 1. The van der Waals surface area contributed by atoms with Gasteiger partial charge in [-0.15, -0.1) is 6.58 Å². The van der Waals surface area contributed by atoms with Gasteiger partial charge in [-0.3, -0.25) is 0 Å². The predicted octanol–water partition coefficient (Wildman–Crippen LogP) is 3.29. The summed E-state index contributed by atoms with van der Waals surface area (Å²) in [6.07, 6.45) is 6.14. The van der Waals surface area contributed by atoms with Crippen LogP contribution in [0.4, 0.5) is 4.79 Å². The van der Waals surface area contributed by atoms with Crippen LogP contribution in [-0.2, 0) is 6.42 Å². The Bertz CT molecular complexity index is 548. The van der Waals surface area contributed by atoms with E-state index in [1.165, 1.54) is 11.1 Å². The van der Waals surface area contributed by atoms with Gasteiger partial charge in [0.25, 0.3) is 0 Å². The lowest BCUT2D eigenvalue weighted by Gasteiger charge is -2.23. The number of hydrogen-bond donors (Lipinski definition) is 1. The number of benzene rings is 1. The van der Waals surface area contributed by atoms with Crippen LogP contribution in [0.25, 0.3) is 0 Å². The van der Waals surface area contributed by atoms with Crippen LogP contribution in [0.3, 0.4) is 0 Å². The molecule has 2 amide bonds. The van der Waals surface area contributed by atoms with Gasteiger partial charge < -0.3 is 10.2 Å². The lowest BCUT2D eigenvalue weighted by atomic mass is 10.00. The fourth-order valence-electron chi connectivity index (χ4n) is 3.14. The zero-order valence-corrected chi connectivity index (χ0v) is 12.8. The predicted molar refractivity (Wildman–Crippen MR) is 85.3 cm³/mol. The molecular weight excluding hydrogens is 260 g/mol. The van der Waals surface area contributed by atoms with Gasteiger partial charge in [0, 0.05) is 18.6 Å². The molecule has 3 rings (SSSR count). The van der Waals surface area contributed by atoms with Crippen molar-refractivity contribution in [1.29, 1.82) is 0 Å². The summed E-state index contributed by atoms with van der Waals surface area (Å²) in [6.45, 7) is 7.64. The minimum atomic E-state index is -0.00450. The topological polar surface area (TPSA) is 32.3 Å². The summed E-state index contributed by atoms with van der Waals surface area (Å²) < 4.78 is 0. The molecule has 3 heteroatoms. The van der Waals surface area contributed by atoms with Crippen molar-refractivity contribution >= 4 is 6.03 Å². The van der Waals surface area contributed by atoms with E-state index in [9.17, 15) is 4.79 Å². The third-order valence-electron chi connectivity index (χ3n) is 4.86. The molecule has 1 aromatic carbocycles. The van der Waals surface area contributed by atoms with Crippen molar-refractivity contribution in [2.75, 3.05) is 13.1 Å². The summed E-state index contributed by atoms with van der Waals surface area (Å²) in [7, 11) is 0. The second-order valence-corrected chi connectivity index (χ2v) is 6.54. The zero-order chi connectivity index (χ0) is 14.9. The lowest BCUT2D eigenvalue weighted by Crippen LogP contribution is -2.46. The molecule has 0 aromatic heterocycles. The molecule has 1 aliphatic heterocycles. The van der Waals surface area contributed by atoms with Crippen LogP contribution in [0.15, 0.2) is 36.9 Å². The largest absolute Gasteiger partial charge is 0.332 e. The molecule has 3 nitrogen and oxygen atoms in total. The molecule has 1 heterocycles. The highest BCUT2D eigenvalue weighted by atomic mass is 16.2. The maximum Gasteiger partial charge on any atom is 0.317 e. The standard InChI is InChI=1S/C18H24N2O/c1-3-15-8-11-20(13-15)17(21)19-18(9-10-18)12-16-7-5-4-6-14(16)2/h3-7,15H,1,8-13H2,2H3,(H,19,21). The third kappa shape index (κ3) is 3.12. The van der Waals surface area contributed by atoms with Crippen molar-refractivity contribution in [2.24, 2.45) is 5.92 Å². The number of urea groups is 1. The number of amides is 2.